The maximum atomic E-state index is 12.6. The molecule has 1 N–H and O–H groups in total. The lowest BCUT2D eigenvalue weighted by Gasteiger charge is -2.12. The second-order valence-corrected chi connectivity index (χ2v) is 3.78. The molecule has 2 nitrogen and oxygen atoms in total. The first kappa shape index (κ1) is 16.4. The molecule has 0 fully saturated rings. The molecule has 0 aliphatic heterocycles. The number of aromatic amines is 1. The number of hydrogen-bond donors (Lipinski definition) is 1. The van der Waals surface area contributed by atoms with E-state index in [4.69, 9.17) is 0 Å². The summed E-state index contributed by atoms with van der Waals surface area (Å²) in [5.74, 6) is 0. The summed E-state index contributed by atoms with van der Waals surface area (Å²) < 4.78 is 76.7. The van der Waals surface area contributed by atoms with Crippen molar-refractivity contribution in [2.45, 2.75) is 12.4 Å². The Morgan fingerprint density at radius 1 is 0.850 bits per heavy atom. The van der Waals surface area contributed by atoms with Gasteiger partial charge in [-0.05, 0) is 18.2 Å². The summed E-state index contributed by atoms with van der Waals surface area (Å²) in [5, 5.41) is 0. The lowest BCUT2D eigenvalue weighted by molar-refractivity contribution is -0.594. The second kappa shape index (κ2) is 5.35. The molecule has 1 heterocycles. The fraction of sp³-hybridized carbons (Fsp3) is 0.182. The monoisotopic (exact) mass is 316 g/mol. The average molecular weight is 317 g/mol. The molecule has 0 aliphatic rings. The predicted molar refractivity (Wildman–Crippen MR) is 52.3 cm³/mol. The van der Waals surface area contributed by atoms with Crippen LogP contribution in [-0.4, -0.2) is 4.98 Å². The highest BCUT2D eigenvalue weighted by Gasteiger charge is 2.37. The number of alkyl halides is 6. The third-order valence-electron chi connectivity index (χ3n) is 2.42. The molecule has 0 spiro atoms. The van der Waals surface area contributed by atoms with Gasteiger partial charge in [-0.15, -0.1) is 0 Å². The molecule has 0 radical (unpaired) electrons. The molecule has 0 saturated heterocycles. The molecule has 0 atom stereocenters. The standard InChI is InChI=1S/C11H6F6N2.ClH/c12-10(13,14)7-3-8(11(15,16)17)5-9(4-7)19-2-1-18-6-19;/h1-6H;1H. The Morgan fingerprint density at radius 2 is 1.35 bits per heavy atom. The summed E-state index contributed by atoms with van der Waals surface area (Å²) >= 11 is 0. The molecule has 0 bridgehead atoms. The van der Waals surface area contributed by atoms with Crippen LogP contribution in [0, 0.1) is 0 Å². The SMILES string of the molecule is FC(F)(F)c1cc(-[n+]2cc[nH]c2)cc(C(F)(F)F)c1.[Cl-]. The zero-order valence-corrected chi connectivity index (χ0v) is 10.3. The second-order valence-electron chi connectivity index (χ2n) is 3.78. The van der Waals surface area contributed by atoms with E-state index in [9.17, 15) is 26.3 Å². The maximum Gasteiger partial charge on any atom is 0.416 e. The van der Waals surface area contributed by atoms with Crippen LogP contribution in [0.5, 0.6) is 0 Å². The molecule has 2 rings (SSSR count). The van der Waals surface area contributed by atoms with Gasteiger partial charge in [0.2, 0.25) is 6.33 Å². The average Bonchev–Trinajstić information content (AvgIpc) is 2.79. The van der Waals surface area contributed by atoms with E-state index in [0.717, 1.165) is 4.57 Å². The van der Waals surface area contributed by atoms with Crippen molar-refractivity contribution in [1.82, 2.24) is 4.98 Å². The molecule has 110 valence electrons. The summed E-state index contributed by atoms with van der Waals surface area (Å²) in [5.41, 5.74) is -2.90. The quantitative estimate of drug-likeness (QED) is 0.578. The normalized spacial score (nSPS) is 12.1. The van der Waals surface area contributed by atoms with Crippen molar-refractivity contribution in [3.63, 3.8) is 0 Å². The Labute approximate surface area is 115 Å². The Morgan fingerprint density at radius 3 is 1.70 bits per heavy atom. The van der Waals surface area contributed by atoms with Gasteiger partial charge in [-0.3, -0.25) is 0 Å². The van der Waals surface area contributed by atoms with E-state index in [-0.39, 0.29) is 24.2 Å². The minimum Gasteiger partial charge on any atom is -1.00 e. The van der Waals surface area contributed by atoms with E-state index < -0.39 is 23.5 Å². The third-order valence-corrected chi connectivity index (χ3v) is 2.42. The van der Waals surface area contributed by atoms with Gasteiger partial charge in [0.05, 0.1) is 11.1 Å². The maximum absolute atomic E-state index is 12.6. The van der Waals surface area contributed by atoms with Crippen molar-refractivity contribution in [3.05, 3.63) is 48.0 Å². The Balaban J connectivity index is 0.00000200. The summed E-state index contributed by atoms with van der Waals surface area (Å²) in [7, 11) is 0. The molecule has 1 aromatic carbocycles. The zero-order chi connectivity index (χ0) is 14.3. The van der Waals surface area contributed by atoms with Crippen LogP contribution in [-0.2, 0) is 12.4 Å². The molecule has 20 heavy (non-hydrogen) atoms. The third kappa shape index (κ3) is 3.44. The first-order chi connectivity index (χ1) is 8.68. The van der Waals surface area contributed by atoms with Crippen LogP contribution in [0.25, 0.3) is 5.69 Å². The molecule has 1 aromatic heterocycles. The van der Waals surface area contributed by atoms with Crippen molar-refractivity contribution in [3.8, 4) is 5.69 Å². The smallest absolute Gasteiger partial charge is 0.416 e. The fourth-order valence-corrected chi connectivity index (χ4v) is 1.54. The van der Waals surface area contributed by atoms with Gasteiger partial charge in [0.25, 0.3) is 0 Å². The van der Waals surface area contributed by atoms with Crippen molar-refractivity contribution in [2.24, 2.45) is 0 Å². The molecule has 2 aromatic rings. The number of halogens is 7. The predicted octanol–water partition coefficient (Wildman–Crippen LogP) is 0.333. The summed E-state index contributed by atoms with van der Waals surface area (Å²) in [6, 6.07) is 1.41. The topological polar surface area (TPSA) is 19.7 Å². The molecular formula is C11H7ClF6N2. The number of aromatic nitrogens is 2. The molecule has 9 heteroatoms. The number of imidazole rings is 1. The first-order valence-electron chi connectivity index (χ1n) is 5.02. The van der Waals surface area contributed by atoms with Crippen LogP contribution in [0.4, 0.5) is 26.3 Å². The largest absolute Gasteiger partial charge is 1.00 e. The van der Waals surface area contributed by atoms with Gasteiger partial charge in [-0.2, -0.15) is 26.3 Å². The lowest BCUT2D eigenvalue weighted by atomic mass is 10.1. The Hall–Kier alpha value is -1.70. The van der Waals surface area contributed by atoms with Crippen molar-refractivity contribution >= 4 is 0 Å². The number of H-pyrrole nitrogens is 1. The fourth-order valence-electron chi connectivity index (χ4n) is 1.54. The van der Waals surface area contributed by atoms with Crippen LogP contribution >= 0.6 is 0 Å². The van der Waals surface area contributed by atoms with Crippen molar-refractivity contribution < 1.29 is 43.3 Å². The highest BCUT2D eigenvalue weighted by molar-refractivity contribution is 5.37. The van der Waals surface area contributed by atoms with Crippen LogP contribution in [0.3, 0.4) is 0 Å². The zero-order valence-electron chi connectivity index (χ0n) is 9.56. The summed E-state index contributed by atoms with van der Waals surface area (Å²) in [6.45, 7) is 0. The molecule has 0 unspecified atom stereocenters. The van der Waals surface area contributed by atoms with Gasteiger partial charge < -0.3 is 12.4 Å². The van der Waals surface area contributed by atoms with Gasteiger partial charge in [-0.1, -0.05) is 0 Å². The van der Waals surface area contributed by atoms with Gasteiger partial charge >= 0.3 is 12.4 Å². The molecular weight excluding hydrogens is 310 g/mol. The Kier molecular flexibility index (Phi) is 4.38. The van der Waals surface area contributed by atoms with E-state index in [0.29, 0.717) is 12.1 Å². The number of rotatable bonds is 1. The van der Waals surface area contributed by atoms with E-state index in [1.807, 2.05) is 0 Å². The minimum atomic E-state index is -4.84. The van der Waals surface area contributed by atoms with Crippen LogP contribution in [0.15, 0.2) is 36.9 Å². The van der Waals surface area contributed by atoms with Crippen LogP contribution in [0.2, 0.25) is 0 Å². The van der Waals surface area contributed by atoms with Crippen molar-refractivity contribution in [1.29, 1.82) is 0 Å². The van der Waals surface area contributed by atoms with Gasteiger partial charge in [-0.25, -0.2) is 9.55 Å². The van der Waals surface area contributed by atoms with Gasteiger partial charge in [0.1, 0.15) is 18.1 Å². The highest BCUT2D eigenvalue weighted by atomic mass is 35.5. The number of nitrogens with one attached hydrogen (secondary N) is 1. The molecule has 0 aliphatic carbocycles. The number of nitrogens with zero attached hydrogens (tertiary/aromatic N) is 1. The van der Waals surface area contributed by atoms with E-state index in [1.54, 1.807) is 0 Å². The number of hydrogen-bond acceptors (Lipinski definition) is 0. The van der Waals surface area contributed by atoms with Crippen molar-refractivity contribution in [2.75, 3.05) is 0 Å². The van der Waals surface area contributed by atoms with Gasteiger partial charge in [0.15, 0.2) is 0 Å². The highest BCUT2D eigenvalue weighted by Crippen LogP contribution is 2.36. The first-order valence-corrected chi connectivity index (χ1v) is 5.02. The lowest BCUT2D eigenvalue weighted by Crippen LogP contribution is -3.00. The van der Waals surface area contributed by atoms with Crippen LogP contribution < -0.4 is 17.0 Å². The summed E-state index contributed by atoms with van der Waals surface area (Å²) in [4.78, 5) is 2.55. The minimum absolute atomic E-state index is 0. The molecule has 0 saturated carbocycles. The number of benzene rings is 1. The Bertz CT molecular complexity index is 541. The van der Waals surface area contributed by atoms with E-state index in [2.05, 4.69) is 4.98 Å². The van der Waals surface area contributed by atoms with Gasteiger partial charge in [0, 0.05) is 0 Å². The van der Waals surface area contributed by atoms with E-state index in [1.165, 1.54) is 18.7 Å². The van der Waals surface area contributed by atoms with Crippen LogP contribution in [0.1, 0.15) is 11.1 Å². The molecule has 0 amide bonds. The summed E-state index contributed by atoms with van der Waals surface area (Å²) in [6.07, 6.45) is -5.74. The van der Waals surface area contributed by atoms with E-state index >= 15 is 0 Å².